The third-order valence-corrected chi connectivity index (χ3v) is 3.77. The number of carbonyl (C=O) groups is 1. The molecule has 1 heterocycles. The van der Waals surface area contributed by atoms with E-state index in [1.54, 1.807) is 6.92 Å². The van der Waals surface area contributed by atoms with Crippen LogP contribution in [0, 0.1) is 6.92 Å². The predicted octanol–water partition coefficient (Wildman–Crippen LogP) is 3.42. The fourth-order valence-electron chi connectivity index (χ4n) is 2.60. The van der Waals surface area contributed by atoms with Crippen LogP contribution in [0.15, 0.2) is 36.4 Å². The van der Waals surface area contributed by atoms with Crippen LogP contribution < -0.4 is 9.47 Å². The third-order valence-electron chi connectivity index (χ3n) is 3.77. The summed E-state index contributed by atoms with van der Waals surface area (Å²) in [7, 11) is 1.47. The molecule has 0 aromatic heterocycles. The minimum Gasteiger partial charge on any atom is -0.507 e. The van der Waals surface area contributed by atoms with Crippen molar-refractivity contribution in [3.05, 3.63) is 53.1 Å². The minimum absolute atomic E-state index is 0.0370. The first kappa shape index (κ1) is 13.5. The number of hydrogen-bond acceptors (Lipinski definition) is 4. The number of carbonyl (C=O) groups excluding carboxylic acids is 1. The Morgan fingerprint density at radius 3 is 2.67 bits per heavy atom. The number of methoxy groups -OCH3 is 1. The van der Waals surface area contributed by atoms with E-state index in [4.69, 9.17) is 9.47 Å². The monoisotopic (exact) mass is 284 g/mol. The van der Waals surface area contributed by atoms with Crippen molar-refractivity contribution >= 4 is 5.78 Å². The molecule has 1 N–H and O–H groups in total. The summed E-state index contributed by atoms with van der Waals surface area (Å²) in [5.74, 6) is 0.790. The van der Waals surface area contributed by atoms with E-state index >= 15 is 0 Å². The Kier molecular flexibility index (Phi) is 3.29. The zero-order valence-electron chi connectivity index (χ0n) is 11.9. The number of fused-ring (bicyclic) bond motifs is 1. The second-order valence-corrected chi connectivity index (χ2v) is 5.07. The van der Waals surface area contributed by atoms with Gasteiger partial charge in [-0.3, -0.25) is 4.79 Å². The molecule has 0 spiro atoms. The number of Topliss-reactive ketones (excluding diaryl/α,β-unsaturated/α-hetero) is 1. The Morgan fingerprint density at radius 1 is 1.29 bits per heavy atom. The Balaban J connectivity index is 2.10. The van der Waals surface area contributed by atoms with Gasteiger partial charge in [0.15, 0.2) is 5.78 Å². The average Bonchev–Trinajstić information content (AvgIpc) is 2.51. The van der Waals surface area contributed by atoms with Gasteiger partial charge in [-0.1, -0.05) is 30.3 Å². The largest absolute Gasteiger partial charge is 0.507 e. The van der Waals surface area contributed by atoms with Gasteiger partial charge in [-0.15, -0.1) is 0 Å². The highest BCUT2D eigenvalue weighted by Gasteiger charge is 2.32. The highest BCUT2D eigenvalue weighted by Crippen LogP contribution is 2.44. The van der Waals surface area contributed by atoms with Gasteiger partial charge in [0.1, 0.15) is 28.9 Å². The lowest BCUT2D eigenvalue weighted by molar-refractivity contribution is 0.0842. The second kappa shape index (κ2) is 5.13. The standard InChI is InChI=1S/C17H16O4/c1-10-12(18)8-15(20-2)16-13(19)9-14(21-17(10)16)11-6-4-3-5-7-11/h3-8,14,18H,9H2,1-2H3. The van der Waals surface area contributed by atoms with Crippen LogP contribution in [0.2, 0.25) is 0 Å². The van der Waals surface area contributed by atoms with E-state index in [-0.39, 0.29) is 24.1 Å². The molecule has 4 heteroatoms. The van der Waals surface area contributed by atoms with Gasteiger partial charge in [-0.2, -0.15) is 0 Å². The molecule has 1 unspecified atom stereocenters. The summed E-state index contributed by atoms with van der Waals surface area (Å²) in [6, 6.07) is 11.1. The molecule has 1 atom stereocenters. The van der Waals surface area contributed by atoms with Crippen molar-refractivity contribution in [3.8, 4) is 17.2 Å². The number of hydrogen-bond donors (Lipinski definition) is 1. The van der Waals surface area contributed by atoms with Crippen LogP contribution in [0.25, 0.3) is 0 Å². The zero-order chi connectivity index (χ0) is 15.0. The van der Waals surface area contributed by atoms with E-state index in [0.29, 0.717) is 22.6 Å². The number of aromatic hydroxyl groups is 1. The topological polar surface area (TPSA) is 55.8 Å². The molecule has 4 nitrogen and oxygen atoms in total. The maximum atomic E-state index is 12.5. The number of ether oxygens (including phenoxy) is 2. The number of phenolic OH excluding ortho intramolecular Hbond substituents is 1. The molecule has 0 amide bonds. The molecule has 1 aliphatic heterocycles. The normalized spacial score (nSPS) is 17.0. The maximum absolute atomic E-state index is 12.5. The highest BCUT2D eigenvalue weighted by atomic mass is 16.5. The Morgan fingerprint density at radius 2 is 2.00 bits per heavy atom. The number of benzene rings is 2. The van der Waals surface area contributed by atoms with Gasteiger partial charge in [0, 0.05) is 11.6 Å². The Bertz CT molecular complexity index is 692. The van der Waals surface area contributed by atoms with Gasteiger partial charge in [0.2, 0.25) is 0 Å². The van der Waals surface area contributed by atoms with Crippen LogP contribution >= 0.6 is 0 Å². The lowest BCUT2D eigenvalue weighted by atomic mass is 9.93. The first-order valence-electron chi connectivity index (χ1n) is 6.77. The molecule has 0 saturated carbocycles. The molecule has 0 bridgehead atoms. The molecule has 2 aromatic rings. The first-order valence-corrected chi connectivity index (χ1v) is 6.77. The summed E-state index contributed by atoms with van der Waals surface area (Å²) in [5, 5.41) is 9.96. The second-order valence-electron chi connectivity index (χ2n) is 5.07. The first-order chi connectivity index (χ1) is 10.1. The fourth-order valence-corrected chi connectivity index (χ4v) is 2.60. The van der Waals surface area contributed by atoms with Gasteiger partial charge >= 0.3 is 0 Å². The molecule has 3 rings (SSSR count). The van der Waals surface area contributed by atoms with Crippen molar-refractivity contribution in [1.82, 2.24) is 0 Å². The average molecular weight is 284 g/mol. The smallest absolute Gasteiger partial charge is 0.174 e. The van der Waals surface area contributed by atoms with E-state index in [0.717, 1.165) is 5.56 Å². The van der Waals surface area contributed by atoms with Crippen molar-refractivity contribution in [2.75, 3.05) is 7.11 Å². The zero-order valence-corrected chi connectivity index (χ0v) is 11.9. The Hall–Kier alpha value is -2.49. The molecular formula is C17H16O4. The molecular weight excluding hydrogens is 268 g/mol. The van der Waals surface area contributed by atoms with Crippen LogP contribution in [0.5, 0.6) is 17.2 Å². The van der Waals surface area contributed by atoms with Crippen molar-refractivity contribution in [3.63, 3.8) is 0 Å². The molecule has 0 saturated heterocycles. The van der Waals surface area contributed by atoms with E-state index in [1.807, 2.05) is 30.3 Å². The molecule has 108 valence electrons. The summed E-state index contributed by atoms with van der Waals surface area (Å²) >= 11 is 0. The summed E-state index contributed by atoms with van der Waals surface area (Å²) in [6.07, 6.45) is -0.0752. The highest BCUT2D eigenvalue weighted by molar-refractivity contribution is 6.03. The number of ketones is 1. The van der Waals surface area contributed by atoms with E-state index in [1.165, 1.54) is 13.2 Å². The number of rotatable bonds is 2. The Labute approximate surface area is 122 Å². The lowest BCUT2D eigenvalue weighted by Gasteiger charge is -2.28. The summed E-state index contributed by atoms with van der Waals surface area (Å²) < 4.78 is 11.2. The SMILES string of the molecule is COc1cc(O)c(C)c2c1C(=O)CC(c1ccccc1)O2. The summed E-state index contributed by atoms with van der Waals surface area (Å²) in [5.41, 5.74) is 1.91. The molecule has 1 aliphatic rings. The van der Waals surface area contributed by atoms with Crippen molar-refractivity contribution in [2.45, 2.75) is 19.4 Å². The van der Waals surface area contributed by atoms with Crippen LogP contribution in [-0.4, -0.2) is 18.0 Å². The molecule has 21 heavy (non-hydrogen) atoms. The van der Waals surface area contributed by atoms with E-state index < -0.39 is 0 Å². The van der Waals surface area contributed by atoms with Gasteiger partial charge in [0.05, 0.1) is 13.5 Å². The fraction of sp³-hybridized carbons (Fsp3) is 0.235. The van der Waals surface area contributed by atoms with E-state index in [2.05, 4.69) is 0 Å². The predicted molar refractivity (Wildman–Crippen MR) is 78.2 cm³/mol. The lowest BCUT2D eigenvalue weighted by Crippen LogP contribution is -2.21. The van der Waals surface area contributed by atoms with Gasteiger partial charge < -0.3 is 14.6 Å². The van der Waals surface area contributed by atoms with Gasteiger partial charge in [-0.05, 0) is 12.5 Å². The van der Waals surface area contributed by atoms with Crippen molar-refractivity contribution in [1.29, 1.82) is 0 Å². The van der Waals surface area contributed by atoms with Crippen molar-refractivity contribution < 1.29 is 19.4 Å². The summed E-state index contributed by atoms with van der Waals surface area (Å²) in [6.45, 7) is 1.73. The number of phenols is 1. The van der Waals surface area contributed by atoms with Crippen molar-refractivity contribution in [2.24, 2.45) is 0 Å². The molecule has 0 radical (unpaired) electrons. The van der Waals surface area contributed by atoms with Crippen LogP contribution in [-0.2, 0) is 0 Å². The molecule has 0 fully saturated rings. The van der Waals surface area contributed by atoms with Gasteiger partial charge in [-0.25, -0.2) is 0 Å². The minimum atomic E-state index is -0.337. The quantitative estimate of drug-likeness (QED) is 0.918. The van der Waals surface area contributed by atoms with Crippen LogP contribution in [0.3, 0.4) is 0 Å². The van der Waals surface area contributed by atoms with E-state index in [9.17, 15) is 9.90 Å². The molecule has 0 aliphatic carbocycles. The van der Waals surface area contributed by atoms with Crippen LogP contribution in [0.1, 0.15) is 34.0 Å². The van der Waals surface area contributed by atoms with Gasteiger partial charge in [0.25, 0.3) is 0 Å². The maximum Gasteiger partial charge on any atom is 0.174 e. The summed E-state index contributed by atoms with van der Waals surface area (Å²) in [4.78, 5) is 12.5. The third kappa shape index (κ3) is 2.23. The molecule has 2 aromatic carbocycles. The van der Waals surface area contributed by atoms with Crippen LogP contribution in [0.4, 0.5) is 0 Å².